The third-order valence-electron chi connectivity index (χ3n) is 3.05. The summed E-state index contributed by atoms with van der Waals surface area (Å²) in [6.45, 7) is -3.19. The Hall–Kier alpha value is -2.50. The van der Waals surface area contributed by atoms with Gasteiger partial charge in [0.05, 0.1) is 26.1 Å². The number of carbonyl (C=O) groups is 2. The number of ketones is 2. The number of nitrogens with zero attached hydrogens (tertiary/aromatic N) is 2. The SMILES string of the molecule is [2H]c1ccc(N)c2c(=O)n(C3([2H])C(=O)CC(=O)C([2H])C3([2H])[2H])c(C([2H])([2H])[2H])nc12. The van der Waals surface area contributed by atoms with Crippen LogP contribution in [-0.2, 0) is 9.59 Å². The number of Topliss-reactive ketones (excluding diaryl/α,β-unsaturated/α-hetero) is 2. The molecule has 1 heterocycles. The second kappa shape index (κ2) is 4.80. The number of carbonyl (C=O) groups excluding carboxylic acids is 2. The van der Waals surface area contributed by atoms with E-state index < -0.39 is 60.4 Å². The summed E-state index contributed by atoms with van der Waals surface area (Å²) in [6, 6.07) is -1.23. The Kier molecular flexibility index (Phi) is 1.59. The van der Waals surface area contributed by atoms with Crippen LogP contribution in [0.1, 0.15) is 42.0 Å². The highest BCUT2D eigenvalue weighted by molar-refractivity contribution is 6.03. The Labute approximate surface area is 131 Å². The smallest absolute Gasteiger partial charge is 0.264 e. The van der Waals surface area contributed by atoms with E-state index in [2.05, 4.69) is 4.98 Å². The number of nitrogen functional groups attached to an aromatic ring is 1. The number of benzene rings is 1. The van der Waals surface area contributed by atoms with Crippen LogP contribution in [0.15, 0.2) is 23.0 Å². The molecule has 0 saturated heterocycles. The normalized spacial score (nSPS) is 34.8. The van der Waals surface area contributed by atoms with Crippen molar-refractivity contribution in [2.45, 2.75) is 32.1 Å². The molecule has 0 radical (unpaired) electrons. The fourth-order valence-corrected chi connectivity index (χ4v) is 2.10. The lowest BCUT2D eigenvalue weighted by molar-refractivity contribution is -0.132. The topological polar surface area (TPSA) is 95.0 Å². The average molecular weight is 293 g/mol. The van der Waals surface area contributed by atoms with Crippen LogP contribution in [-0.4, -0.2) is 21.1 Å². The molecular weight excluding hydrogens is 270 g/mol. The molecule has 0 bridgehead atoms. The van der Waals surface area contributed by atoms with Gasteiger partial charge in [0, 0.05) is 20.3 Å². The first-order chi connectivity index (χ1) is 13.2. The minimum absolute atomic E-state index is 0.0639. The summed E-state index contributed by atoms with van der Waals surface area (Å²) in [5, 5.41) is -0.459. The molecule has 2 unspecified atom stereocenters. The molecule has 1 aliphatic carbocycles. The van der Waals surface area contributed by atoms with Crippen molar-refractivity contribution in [3.05, 3.63) is 34.4 Å². The van der Waals surface area contributed by atoms with Gasteiger partial charge in [-0.05, 0) is 25.3 Å². The van der Waals surface area contributed by atoms with Crippen molar-refractivity contribution in [1.82, 2.24) is 9.55 Å². The molecule has 1 aliphatic rings. The predicted molar refractivity (Wildman–Crippen MR) is 78.1 cm³/mol. The van der Waals surface area contributed by atoms with Gasteiger partial charge in [-0.25, -0.2) is 4.98 Å². The van der Waals surface area contributed by atoms with Crippen molar-refractivity contribution in [1.29, 1.82) is 0 Å². The lowest BCUT2D eigenvalue weighted by atomic mass is 9.92. The minimum Gasteiger partial charge on any atom is -0.398 e. The zero-order valence-electron chi connectivity index (χ0n) is 18.6. The molecule has 21 heavy (non-hydrogen) atoms. The van der Waals surface area contributed by atoms with Crippen molar-refractivity contribution in [2.75, 3.05) is 5.73 Å². The maximum Gasteiger partial charge on any atom is 0.264 e. The molecule has 1 fully saturated rings. The summed E-state index contributed by atoms with van der Waals surface area (Å²) < 4.78 is 63.5. The van der Waals surface area contributed by atoms with Gasteiger partial charge in [-0.15, -0.1) is 0 Å². The Balaban J connectivity index is 2.57. The largest absolute Gasteiger partial charge is 0.398 e. The molecule has 0 amide bonds. The summed E-state index contributed by atoms with van der Waals surface area (Å²) in [5.41, 5.74) is 3.85. The first-order valence-electron chi connectivity index (χ1n) is 10.0. The molecule has 6 heteroatoms. The lowest BCUT2D eigenvalue weighted by Gasteiger charge is -2.24. The molecule has 108 valence electrons. The van der Waals surface area contributed by atoms with Crippen molar-refractivity contribution in [2.24, 2.45) is 0 Å². The molecule has 0 spiro atoms. The van der Waals surface area contributed by atoms with E-state index in [0.717, 1.165) is 0 Å². The Morgan fingerprint density at radius 1 is 1.57 bits per heavy atom. The van der Waals surface area contributed by atoms with E-state index in [1.807, 2.05) is 0 Å². The summed E-state index contributed by atoms with van der Waals surface area (Å²) in [6.07, 6.45) is -6.47. The lowest BCUT2D eigenvalue weighted by Crippen LogP contribution is -2.36. The molecule has 1 aromatic heterocycles. The third kappa shape index (κ3) is 2.12. The molecule has 2 aromatic rings. The number of nitrogens with two attached hydrogens (primary N) is 1. The predicted octanol–water partition coefficient (Wildman–Crippen LogP) is 1.15. The number of hydrogen-bond acceptors (Lipinski definition) is 5. The van der Waals surface area contributed by atoms with Crippen molar-refractivity contribution < 1.29 is 20.6 Å². The van der Waals surface area contributed by atoms with Gasteiger partial charge in [-0.2, -0.15) is 0 Å². The molecular formula is C15H15N3O3. The summed E-state index contributed by atoms with van der Waals surface area (Å²) in [4.78, 5) is 41.5. The Morgan fingerprint density at radius 3 is 3.14 bits per heavy atom. The zero-order valence-corrected chi connectivity index (χ0v) is 10.6. The van der Waals surface area contributed by atoms with Crippen LogP contribution < -0.4 is 11.3 Å². The molecule has 2 N–H and O–H groups in total. The van der Waals surface area contributed by atoms with E-state index >= 15 is 0 Å². The van der Waals surface area contributed by atoms with Crippen molar-refractivity contribution in [3.63, 3.8) is 0 Å². The summed E-state index contributed by atoms with van der Waals surface area (Å²) in [5.74, 6) is -3.58. The molecule has 2 atom stereocenters. The van der Waals surface area contributed by atoms with Gasteiger partial charge in [0.25, 0.3) is 5.56 Å². The van der Waals surface area contributed by atoms with Gasteiger partial charge in [-0.3, -0.25) is 19.0 Å². The zero-order chi connectivity index (χ0) is 22.1. The van der Waals surface area contributed by atoms with Gasteiger partial charge in [0.1, 0.15) is 11.6 Å². The average Bonchev–Trinajstić information content (AvgIpc) is 2.60. The highest BCUT2D eigenvalue weighted by Gasteiger charge is 2.30. The van der Waals surface area contributed by atoms with E-state index in [-0.39, 0.29) is 21.8 Å². The number of aromatic nitrogens is 2. The maximum atomic E-state index is 13.2. The first-order valence-corrected chi connectivity index (χ1v) is 5.96. The highest BCUT2D eigenvalue weighted by atomic mass is 16.2. The second-order valence-electron chi connectivity index (χ2n) is 4.44. The molecule has 1 aromatic carbocycles. The van der Waals surface area contributed by atoms with Crippen LogP contribution in [0.4, 0.5) is 5.69 Å². The van der Waals surface area contributed by atoms with Gasteiger partial charge in [0.2, 0.25) is 0 Å². The van der Waals surface area contributed by atoms with E-state index in [0.29, 0.717) is 0 Å². The summed E-state index contributed by atoms with van der Waals surface area (Å²) in [7, 11) is 0. The fourth-order valence-electron chi connectivity index (χ4n) is 2.10. The van der Waals surface area contributed by atoms with Gasteiger partial charge in [-0.1, -0.05) is 6.07 Å². The minimum atomic E-state index is -3.25. The third-order valence-corrected chi connectivity index (χ3v) is 3.05. The fraction of sp³-hybridized carbons (Fsp3) is 0.333. The Morgan fingerprint density at radius 2 is 2.38 bits per heavy atom. The number of rotatable bonds is 1. The van der Waals surface area contributed by atoms with Crippen molar-refractivity contribution >= 4 is 28.2 Å². The van der Waals surface area contributed by atoms with Gasteiger partial charge >= 0.3 is 0 Å². The summed E-state index contributed by atoms with van der Waals surface area (Å²) >= 11 is 0. The van der Waals surface area contributed by atoms with Gasteiger partial charge < -0.3 is 5.73 Å². The molecule has 6 nitrogen and oxygen atoms in total. The van der Waals surface area contributed by atoms with E-state index in [9.17, 15) is 14.4 Å². The standard InChI is InChI=1S/C15H15N3O3/c1-8-17-11-4-2-3-10(16)14(11)15(21)18(8)12-6-5-9(19)7-13(12)20/h2-4,12H,5-7,16H2,1H3/i1D3,4D,5D,6D2,12D. The number of anilines is 1. The molecule has 0 aliphatic heterocycles. The number of fused-ring (bicyclic) bond motifs is 1. The van der Waals surface area contributed by atoms with Crippen LogP contribution >= 0.6 is 0 Å². The Bertz CT molecular complexity index is 1130. The number of hydrogen-bond donors (Lipinski definition) is 1. The van der Waals surface area contributed by atoms with E-state index in [4.69, 9.17) is 16.7 Å². The monoisotopic (exact) mass is 293 g/mol. The highest BCUT2D eigenvalue weighted by Crippen LogP contribution is 2.24. The first kappa shape index (κ1) is 6.98. The van der Waals surface area contributed by atoms with E-state index in [1.165, 1.54) is 12.1 Å². The quantitative estimate of drug-likeness (QED) is 0.628. The van der Waals surface area contributed by atoms with Crippen LogP contribution in [0.3, 0.4) is 0 Å². The molecule has 1 saturated carbocycles. The van der Waals surface area contributed by atoms with Crippen LogP contribution in [0.2, 0.25) is 0 Å². The van der Waals surface area contributed by atoms with E-state index in [1.54, 1.807) is 0 Å². The van der Waals surface area contributed by atoms with Crippen LogP contribution in [0.25, 0.3) is 10.9 Å². The number of aryl methyl sites for hydroxylation is 1. The van der Waals surface area contributed by atoms with Crippen LogP contribution in [0.5, 0.6) is 0 Å². The maximum absolute atomic E-state index is 13.2. The van der Waals surface area contributed by atoms with Gasteiger partial charge in [0.15, 0.2) is 5.78 Å². The molecule has 3 rings (SSSR count). The second-order valence-corrected chi connectivity index (χ2v) is 4.44. The van der Waals surface area contributed by atoms with Crippen molar-refractivity contribution in [3.8, 4) is 0 Å². The van der Waals surface area contributed by atoms with Crippen LogP contribution in [0, 0.1) is 6.85 Å².